The van der Waals surface area contributed by atoms with E-state index < -0.39 is 11.6 Å². The third-order valence-corrected chi connectivity index (χ3v) is 3.49. The highest BCUT2D eigenvalue weighted by Gasteiger charge is 2.29. The van der Waals surface area contributed by atoms with Gasteiger partial charge in [0.15, 0.2) is 11.6 Å². The summed E-state index contributed by atoms with van der Waals surface area (Å²) in [6.45, 7) is 4.01. The summed E-state index contributed by atoms with van der Waals surface area (Å²) >= 11 is 0. The fourth-order valence-corrected chi connectivity index (χ4v) is 2.69. The van der Waals surface area contributed by atoms with Gasteiger partial charge in [-0.15, -0.1) is 0 Å². The Morgan fingerprint density at radius 3 is 2.06 bits per heavy atom. The molecule has 0 saturated carbocycles. The van der Waals surface area contributed by atoms with Gasteiger partial charge in [-0.2, -0.15) is 0 Å². The Labute approximate surface area is 100 Å². The Morgan fingerprint density at radius 2 is 1.59 bits per heavy atom. The molecule has 1 aromatic carbocycles. The molecule has 17 heavy (non-hydrogen) atoms. The summed E-state index contributed by atoms with van der Waals surface area (Å²) in [4.78, 5) is 1.84. The van der Waals surface area contributed by atoms with E-state index in [2.05, 4.69) is 0 Å². The molecule has 1 fully saturated rings. The van der Waals surface area contributed by atoms with Crippen LogP contribution in [0.15, 0.2) is 12.1 Å². The average Bonchev–Trinajstić information content (AvgIpc) is 2.21. The zero-order valence-corrected chi connectivity index (χ0v) is 10.2. The van der Waals surface area contributed by atoms with Gasteiger partial charge in [0.25, 0.3) is 0 Å². The molecule has 2 rings (SSSR count). The number of rotatable bonds is 1. The maximum Gasteiger partial charge on any atom is 0.151 e. The lowest BCUT2D eigenvalue weighted by Gasteiger charge is -2.41. The lowest BCUT2D eigenvalue weighted by atomic mass is 9.96. The molecule has 2 N–H and O–H groups in total. The standard InChI is InChI=1S/C13H18F2N2/c1-8-4-3-5-9(2)17(8)13-11(14)6-10(16)7-12(13)15/h6-9H,3-5,16H2,1-2H3/t8-,9+. The fourth-order valence-electron chi connectivity index (χ4n) is 2.69. The molecule has 1 saturated heterocycles. The molecule has 94 valence electrons. The predicted octanol–water partition coefficient (Wildman–Crippen LogP) is 3.31. The number of hydrogen-bond acceptors (Lipinski definition) is 2. The quantitative estimate of drug-likeness (QED) is 0.763. The number of nitrogen functional groups attached to an aromatic ring is 1. The van der Waals surface area contributed by atoms with Crippen molar-refractivity contribution >= 4 is 11.4 Å². The highest BCUT2D eigenvalue weighted by Crippen LogP contribution is 2.34. The number of halogens is 2. The van der Waals surface area contributed by atoms with E-state index in [4.69, 9.17) is 5.73 Å². The summed E-state index contributed by atoms with van der Waals surface area (Å²) in [6.07, 6.45) is 3.04. The lowest BCUT2D eigenvalue weighted by molar-refractivity contribution is 0.401. The second kappa shape index (κ2) is 4.51. The van der Waals surface area contributed by atoms with Crippen LogP contribution in [0.2, 0.25) is 0 Å². The van der Waals surface area contributed by atoms with Crippen molar-refractivity contribution in [3.8, 4) is 0 Å². The predicted molar refractivity (Wildman–Crippen MR) is 66.0 cm³/mol. The van der Waals surface area contributed by atoms with E-state index in [1.165, 1.54) is 12.1 Å². The van der Waals surface area contributed by atoms with Crippen LogP contribution in [-0.4, -0.2) is 12.1 Å². The normalized spacial score (nSPS) is 25.1. The molecule has 0 amide bonds. The molecule has 4 heteroatoms. The molecule has 0 spiro atoms. The van der Waals surface area contributed by atoms with Crippen LogP contribution in [-0.2, 0) is 0 Å². The van der Waals surface area contributed by atoms with Crippen molar-refractivity contribution < 1.29 is 8.78 Å². The van der Waals surface area contributed by atoms with Crippen LogP contribution in [0.1, 0.15) is 33.1 Å². The second-order valence-corrected chi connectivity index (χ2v) is 4.87. The van der Waals surface area contributed by atoms with Crippen LogP contribution in [0.3, 0.4) is 0 Å². The van der Waals surface area contributed by atoms with Gasteiger partial charge in [0, 0.05) is 17.8 Å². The Hall–Kier alpha value is -1.32. The van der Waals surface area contributed by atoms with Crippen molar-refractivity contribution in [1.82, 2.24) is 0 Å². The van der Waals surface area contributed by atoms with Gasteiger partial charge in [-0.25, -0.2) is 8.78 Å². The summed E-state index contributed by atoms with van der Waals surface area (Å²) in [5, 5.41) is 0. The van der Waals surface area contributed by atoms with Crippen molar-refractivity contribution in [2.75, 3.05) is 10.6 Å². The fraction of sp³-hybridized carbons (Fsp3) is 0.538. The first kappa shape index (κ1) is 12.1. The van der Waals surface area contributed by atoms with Gasteiger partial charge in [-0.1, -0.05) is 0 Å². The maximum atomic E-state index is 13.9. The SMILES string of the molecule is C[C@@H]1CCC[C@H](C)N1c1c(F)cc(N)cc1F. The van der Waals surface area contributed by atoms with E-state index in [1.54, 1.807) is 0 Å². The van der Waals surface area contributed by atoms with Gasteiger partial charge in [-0.3, -0.25) is 0 Å². The molecule has 0 aliphatic carbocycles. The monoisotopic (exact) mass is 240 g/mol. The molecule has 0 bridgehead atoms. The minimum absolute atomic E-state index is 0.0684. The molecule has 1 aromatic rings. The van der Waals surface area contributed by atoms with Crippen molar-refractivity contribution in [3.05, 3.63) is 23.8 Å². The lowest BCUT2D eigenvalue weighted by Crippen LogP contribution is -2.44. The van der Waals surface area contributed by atoms with Crippen molar-refractivity contribution in [3.63, 3.8) is 0 Å². The number of anilines is 2. The molecule has 0 radical (unpaired) electrons. The van der Waals surface area contributed by atoms with Crippen molar-refractivity contribution in [2.45, 2.75) is 45.2 Å². The summed E-state index contributed by atoms with van der Waals surface area (Å²) in [5.74, 6) is -1.13. The number of benzene rings is 1. The Kier molecular flexibility index (Phi) is 3.22. The van der Waals surface area contributed by atoms with Crippen molar-refractivity contribution in [1.29, 1.82) is 0 Å². The van der Waals surface area contributed by atoms with E-state index in [1.807, 2.05) is 18.7 Å². The van der Waals surface area contributed by atoms with Crippen LogP contribution in [0.5, 0.6) is 0 Å². The van der Waals surface area contributed by atoms with E-state index in [0.29, 0.717) is 0 Å². The second-order valence-electron chi connectivity index (χ2n) is 4.87. The van der Waals surface area contributed by atoms with Crippen LogP contribution in [0, 0.1) is 11.6 Å². The number of nitrogens with two attached hydrogens (primary N) is 1. The van der Waals surface area contributed by atoms with Crippen LogP contribution >= 0.6 is 0 Å². The Bertz CT molecular complexity index is 387. The smallest absolute Gasteiger partial charge is 0.151 e. The molecule has 2 atom stereocenters. The topological polar surface area (TPSA) is 29.3 Å². The largest absolute Gasteiger partial charge is 0.399 e. The van der Waals surface area contributed by atoms with Gasteiger partial charge < -0.3 is 10.6 Å². The van der Waals surface area contributed by atoms with Crippen LogP contribution in [0.4, 0.5) is 20.2 Å². The highest BCUT2D eigenvalue weighted by molar-refractivity contribution is 5.57. The first-order chi connectivity index (χ1) is 8.00. The Balaban J connectivity index is 2.44. The molecular weight excluding hydrogens is 222 g/mol. The third kappa shape index (κ3) is 2.21. The summed E-state index contributed by atoms with van der Waals surface area (Å²) in [7, 11) is 0. The summed E-state index contributed by atoms with van der Waals surface area (Å²) in [5.41, 5.74) is 5.62. The summed E-state index contributed by atoms with van der Waals surface area (Å²) in [6, 6.07) is 2.69. The van der Waals surface area contributed by atoms with E-state index in [9.17, 15) is 8.78 Å². The molecule has 0 unspecified atom stereocenters. The third-order valence-electron chi connectivity index (χ3n) is 3.49. The van der Waals surface area contributed by atoms with Crippen LogP contribution in [0.25, 0.3) is 0 Å². The van der Waals surface area contributed by atoms with Crippen LogP contribution < -0.4 is 10.6 Å². The van der Waals surface area contributed by atoms with E-state index in [-0.39, 0.29) is 23.5 Å². The highest BCUT2D eigenvalue weighted by atomic mass is 19.1. The first-order valence-electron chi connectivity index (χ1n) is 6.03. The maximum absolute atomic E-state index is 13.9. The van der Waals surface area contributed by atoms with E-state index in [0.717, 1.165) is 19.3 Å². The average molecular weight is 240 g/mol. The van der Waals surface area contributed by atoms with E-state index >= 15 is 0 Å². The summed E-state index contributed by atoms with van der Waals surface area (Å²) < 4.78 is 27.8. The van der Waals surface area contributed by atoms with Gasteiger partial charge in [0.05, 0.1) is 0 Å². The van der Waals surface area contributed by atoms with Crippen molar-refractivity contribution in [2.24, 2.45) is 0 Å². The zero-order chi connectivity index (χ0) is 12.6. The zero-order valence-electron chi connectivity index (χ0n) is 10.2. The number of nitrogens with zero attached hydrogens (tertiary/aromatic N) is 1. The van der Waals surface area contributed by atoms with Gasteiger partial charge >= 0.3 is 0 Å². The first-order valence-corrected chi connectivity index (χ1v) is 6.03. The number of piperidine rings is 1. The molecule has 0 aromatic heterocycles. The van der Waals surface area contributed by atoms with Gasteiger partial charge in [0.2, 0.25) is 0 Å². The van der Waals surface area contributed by atoms with Gasteiger partial charge in [0.1, 0.15) is 5.69 Å². The molecule has 1 aliphatic heterocycles. The molecule has 1 aliphatic rings. The Morgan fingerprint density at radius 1 is 1.12 bits per heavy atom. The minimum Gasteiger partial charge on any atom is -0.399 e. The minimum atomic E-state index is -0.567. The van der Waals surface area contributed by atoms with Gasteiger partial charge in [-0.05, 0) is 45.2 Å². The molecule has 2 nitrogen and oxygen atoms in total. The number of hydrogen-bond donors (Lipinski definition) is 1. The molecule has 1 heterocycles. The molecular formula is C13H18F2N2.